The minimum atomic E-state index is -4.65. The molecule has 3 aromatic carbocycles. The molecule has 7 nitrogen and oxygen atoms in total. The fraction of sp³-hybridized carbons (Fsp3) is 0.333. The van der Waals surface area contributed by atoms with Crippen molar-refractivity contribution >= 4 is 25.6 Å². The van der Waals surface area contributed by atoms with E-state index in [1.807, 2.05) is 0 Å². The van der Waals surface area contributed by atoms with Crippen molar-refractivity contribution in [2.75, 3.05) is 42.9 Å². The van der Waals surface area contributed by atoms with Crippen LogP contribution < -0.4 is 13.8 Å². The van der Waals surface area contributed by atoms with Gasteiger partial charge in [0.25, 0.3) is 0 Å². The standard InChI is InChI=1S/C27H30F3NO6S2/c1-26(27(28,29)30,21-9-13-24(36-2)14-10-21)22-11-15-25(16-12-22)37-39(34,35)20-18-31(17-19-38(3,32)33)23-7-5-4-6-8-23/h4-16H,17-20H2,1-3H3. The molecular formula is C27H30F3NO6S2. The number of rotatable bonds is 12. The van der Waals surface area contributed by atoms with Gasteiger partial charge in [0.1, 0.15) is 32.5 Å². The predicted octanol–water partition coefficient (Wildman–Crippen LogP) is 4.82. The number of para-hydroxylation sites is 1. The van der Waals surface area contributed by atoms with Crippen molar-refractivity contribution in [1.29, 1.82) is 0 Å². The molecule has 12 heteroatoms. The molecule has 0 aromatic heterocycles. The fourth-order valence-electron chi connectivity index (χ4n) is 3.96. The van der Waals surface area contributed by atoms with Gasteiger partial charge in [-0.1, -0.05) is 42.5 Å². The first-order valence-corrected chi connectivity index (χ1v) is 15.5. The van der Waals surface area contributed by atoms with E-state index in [4.69, 9.17) is 8.92 Å². The molecule has 3 rings (SSSR count). The molecule has 0 fully saturated rings. The van der Waals surface area contributed by atoms with Crippen LogP contribution in [-0.2, 0) is 25.4 Å². The van der Waals surface area contributed by atoms with Gasteiger partial charge in [-0.05, 0) is 54.4 Å². The lowest BCUT2D eigenvalue weighted by atomic mass is 9.75. The third-order valence-corrected chi connectivity index (χ3v) is 8.41. The predicted molar refractivity (Wildman–Crippen MR) is 145 cm³/mol. The molecule has 212 valence electrons. The van der Waals surface area contributed by atoms with E-state index in [0.717, 1.165) is 13.2 Å². The number of benzene rings is 3. The van der Waals surface area contributed by atoms with E-state index in [1.165, 1.54) is 55.6 Å². The van der Waals surface area contributed by atoms with E-state index < -0.39 is 37.3 Å². The van der Waals surface area contributed by atoms with Crippen LogP contribution in [0, 0.1) is 0 Å². The highest BCUT2D eigenvalue weighted by Crippen LogP contribution is 2.46. The van der Waals surface area contributed by atoms with Crippen molar-refractivity contribution in [3.05, 3.63) is 90.0 Å². The van der Waals surface area contributed by atoms with E-state index in [1.54, 1.807) is 35.2 Å². The molecule has 0 saturated carbocycles. The Labute approximate surface area is 227 Å². The summed E-state index contributed by atoms with van der Waals surface area (Å²) in [5.41, 5.74) is -1.83. The van der Waals surface area contributed by atoms with Gasteiger partial charge in [-0.25, -0.2) is 8.42 Å². The van der Waals surface area contributed by atoms with Gasteiger partial charge in [0.05, 0.1) is 12.9 Å². The number of nitrogens with zero attached hydrogens (tertiary/aromatic N) is 1. The van der Waals surface area contributed by atoms with Gasteiger partial charge in [0.15, 0.2) is 0 Å². The highest BCUT2D eigenvalue weighted by Gasteiger charge is 2.53. The van der Waals surface area contributed by atoms with E-state index in [2.05, 4.69) is 0 Å². The van der Waals surface area contributed by atoms with Crippen molar-refractivity contribution in [2.24, 2.45) is 0 Å². The largest absolute Gasteiger partial charge is 0.497 e. The van der Waals surface area contributed by atoms with Crippen LogP contribution in [0.5, 0.6) is 11.5 Å². The van der Waals surface area contributed by atoms with Crippen LogP contribution in [0.25, 0.3) is 0 Å². The Kier molecular flexibility index (Phi) is 9.22. The summed E-state index contributed by atoms with van der Waals surface area (Å²) in [6.45, 7) is 1.08. The number of halogens is 3. The van der Waals surface area contributed by atoms with Gasteiger partial charge in [0, 0.05) is 25.0 Å². The number of hydrogen-bond acceptors (Lipinski definition) is 7. The van der Waals surface area contributed by atoms with E-state index in [-0.39, 0.29) is 35.7 Å². The molecular weight excluding hydrogens is 555 g/mol. The lowest BCUT2D eigenvalue weighted by Crippen LogP contribution is -2.40. The summed E-state index contributed by atoms with van der Waals surface area (Å²) in [6.07, 6.45) is -3.55. The fourth-order valence-corrected chi connectivity index (χ4v) is 5.44. The number of ether oxygens (including phenoxy) is 1. The molecule has 0 aliphatic heterocycles. The van der Waals surface area contributed by atoms with Gasteiger partial charge < -0.3 is 13.8 Å². The molecule has 39 heavy (non-hydrogen) atoms. The number of alkyl halides is 3. The summed E-state index contributed by atoms with van der Waals surface area (Å²) in [6, 6.07) is 19.0. The average Bonchev–Trinajstić information content (AvgIpc) is 2.87. The highest BCUT2D eigenvalue weighted by atomic mass is 32.2. The second kappa shape index (κ2) is 11.9. The molecule has 0 radical (unpaired) electrons. The lowest BCUT2D eigenvalue weighted by Gasteiger charge is -2.33. The summed E-state index contributed by atoms with van der Waals surface area (Å²) in [5, 5.41) is 0. The Balaban J connectivity index is 1.77. The Bertz CT molecular complexity index is 1440. The van der Waals surface area contributed by atoms with Crippen LogP contribution in [0.4, 0.5) is 18.9 Å². The van der Waals surface area contributed by atoms with Crippen LogP contribution in [-0.4, -0.2) is 61.0 Å². The maximum absolute atomic E-state index is 14.3. The second-order valence-corrected chi connectivity index (χ2v) is 13.1. The molecule has 1 atom stereocenters. The van der Waals surface area contributed by atoms with Gasteiger partial charge >= 0.3 is 16.3 Å². The number of anilines is 1. The summed E-state index contributed by atoms with van der Waals surface area (Å²) < 4.78 is 102. The summed E-state index contributed by atoms with van der Waals surface area (Å²) in [5.74, 6) is -0.365. The maximum atomic E-state index is 14.3. The first kappa shape index (κ1) is 30.3. The molecule has 0 N–H and O–H groups in total. The topological polar surface area (TPSA) is 90.0 Å². The smallest absolute Gasteiger partial charge is 0.402 e. The lowest BCUT2D eigenvalue weighted by molar-refractivity contribution is -0.173. The molecule has 0 heterocycles. The summed E-state index contributed by atoms with van der Waals surface area (Å²) >= 11 is 0. The van der Waals surface area contributed by atoms with E-state index >= 15 is 0 Å². The van der Waals surface area contributed by atoms with Crippen molar-refractivity contribution in [3.8, 4) is 11.5 Å². The average molecular weight is 586 g/mol. The summed E-state index contributed by atoms with van der Waals surface area (Å²) in [4.78, 5) is 1.62. The first-order chi connectivity index (χ1) is 18.1. The molecule has 0 spiro atoms. The zero-order chi connectivity index (χ0) is 28.9. The van der Waals surface area contributed by atoms with Gasteiger partial charge in [0.2, 0.25) is 0 Å². The molecule has 0 amide bonds. The van der Waals surface area contributed by atoms with Crippen LogP contribution >= 0.6 is 0 Å². The SMILES string of the molecule is COc1ccc(C(C)(c2ccc(OS(=O)(=O)CCN(CCS(C)(=O)=O)c3ccccc3)cc2)C(F)(F)F)cc1. The van der Waals surface area contributed by atoms with Gasteiger partial charge in [-0.15, -0.1) is 0 Å². The minimum absolute atomic E-state index is 0.00723. The highest BCUT2D eigenvalue weighted by molar-refractivity contribution is 7.90. The molecule has 0 aliphatic carbocycles. The van der Waals surface area contributed by atoms with Gasteiger partial charge in [-0.2, -0.15) is 21.6 Å². The third-order valence-electron chi connectivity index (χ3n) is 6.35. The zero-order valence-electron chi connectivity index (χ0n) is 21.7. The van der Waals surface area contributed by atoms with Crippen molar-refractivity contribution in [2.45, 2.75) is 18.5 Å². The maximum Gasteiger partial charge on any atom is 0.402 e. The van der Waals surface area contributed by atoms with E-state index in [9.17, 15) is 30.0 Å². The molecule has 0 aliphatic rings. The normalized spacial score (nSPS) is 13.9. The quantitative estimate of drug-likeness (QED) is 0.282. The Morgan fingerprint density at radius 2 is 1.23 bits per heavy atom. The Morgan fingerprint density at radius 3 is 1.69 bits per heavy atom. The molecule has 0 bridgehead atoms. The van der Waals surface area contributed by atoms with Crippen molar-refractivity contribution in [3.63, 3.8) is 0 Å². The van der Waals surface area contributed by atoms with Gasteiger partial charge in [-0.3, -0.25) is 0 Å². The Morgan fingerprint density at radius 1 is 0.744 bits per heavy atom. The second-order valence-electron chi connectivity index (χ2n) is 9.17. The Hall–Kier alpha value is -3.25. The van der Waals surface area contributed by atoms with Crippen LogP contribution in [0.15, 0.2) is 78.9 Å². The number of methoxy groups -OCH3 is 1. The van der Waals surface area contributed by atoms with Crippen molar-refractivity contribution in [1.82, 2.24) is 0 Å². The van der Waals surface area contributed by atoms with Crippen LogP contribution in [0.2, 0.25) is 0 Å². The van der Waals surface area contributed by atoms with Crippen LogP contribution in [0.3, 0.4) is 0 Å². The molecule has 3 aromatic rings. The number of hydrogen-bond donors (Lipinski definition) is 0. The monoisotopic (exact) mass is 585 g/mol. The number of sulfone groups is 1. The zero-order valence-corrected chi connectivity index (χ0v) is 23.3. The third kappa shape index (κ3) is 7.89. The minimum Gasteiger partial charge on any atom is -0.497 e. The molecule has 1 unspecified atom stereocenters. The summed E-state index contributed by atoms with van der Waals surface area (Å²) in [7, 11) is -6.03. The van der Waals surface area contributed by atoms with Crippen molar-refractivity contribution < 1.29 is 38.9 Å². The van der Waals surface area contributed by atoms with Crippen LogP contribution in [0.1, 0.15) is 18.1 Å². The van der Waals surface area contributed by atoms with E-state index in [0.29, 0.717) is 11.4 Å². The molecule has 0 saturated heterocycles. The first-order valence-electron chi connectivity index (χ1n) is 11.9.